The van der Waals surface area contributed by atoms with E-state index in [0.29, 0.717) is 6.54 Å². The smallest absolute Gasteiger partial charge is 0.312 e. The molecule has 18 heavy (non-hydrogen) atoms. The number of rotatable bonds is 2. The maximum absolute atomic E-state index is 12.2. The van der Waals surface area contributed by atoms with Crippen molar-refractivity contribution in [2.24, 2.45) is 0 Å². The van der Waals surface area contributed by atoms with Crippen molar-refractivity contribution in [1.82, 2.24) is 5.32 Å². The summed E-state index contributed by atoms with van der Waals surface area (Å²) in [7, 11) is -5.35. The molecule has 0 saturated carbocycles. The summed E-state index contributed by atoms with van der Waals surface area (Å²) >= 11 is 0. The Morgan fingerprint density at radius 3 is 2.61 bits per heavy atom. The maximum atomic E-state index is 12.2. The first-order valence-electron chi connectivity index (χ1n) is 5.21. The topological polar surface area (TPSA) is 58.2 Å². The second-order valence-electron chi connectivity index (χ2n) is 3.96. The lowest BCUT2D eigenvalue weighted by atomic mass is 10.0. The van der Waals surface area contributed by atoms with Crippen LogP contribution in [0, 0.1) is 0 Å². The maximum Gasteiger partial charge on any atom is 0.516 e. The number of sulfonamides is 1. The molecule has 1 aliphatic rings. The van der Waals surface area contributed by atoms with Gasteiger partial charge in [0, 0.05) is 12.2 Å². The minimum Gasteiger partial charge on any atom is -0.312 e. The molecular formula is C10H11F3N2O2S. The molecule has 0 aromatic heterocycles. The lowest BCUT2D eigenvalue weighted by Gasteiger charge is -2.18. The molecule has 1 aliphatic heterocycles. The van der Waals surface area contributed by atoms with Gasteiger partial charge in [-0.3, -0.25) is 4.72 Å². The Morgan fingerprint density at radius 1 is 1.22 bits per heavy atom. The van der Waals surface area contributed by atoms with Crippen LogP contribution in [0.15, 0.2) is 18.2 Å². The molecule has 0 unspecified atom stereocenters. The predicted molar refractivity (Wildman–Crippen MR) is 60.5 cm³/mol. The summed E-state index contributed by atoms with van der Waals surface area (Å²) in [5.41, 5.74) is -3.55. The summed E-state index contributed by atoms with van der Waals surface area (Å²) in [5.74, 6) is 0. The van der Waals surface area contributed by atoms with E-state index in [1.807, 2.05) is 0 Å². The molecule has 0 aliphatic carbocycles. The number of fused-ring (bicyclic) bond motifs is 1. The first-order chi connectivity index (χ1) is 8.29. The SMILES string of the molecule is O=S(=O)(Nc1ccc2c(c1)CNCC2)C(F)(F)F. The number of hydrogen-bond donors (Lipinski definition) is 2. The van der Waals surface area contributed by atoms with E-state index >= 15 is 0 Å². The molecule has 0 radical (unpaired) electrons. The minimum absolute atomic E-state index is 0.0743. The van der Waals surface area contributed by atoms with Crippen LogP contribution in [0.3, 0.4) is 0 Å². The van der Waals surface area contributed by atoms with Crippen LogP contribution in [0.1, 0.15) is 11.1 Å². The standard InChI is InChI=1S/C10H11F3N2O2S/c11-10(12,13)18(16,17)15-9-2-1-7-3-4-14-6-8(7)5-9/h1-2,5,14-15H,3-4,6H2. The highest BCUT2D eigenvalue weighted by Crippen LogP contribution is 2.26. The Bertz CT molecular complexity index is 555. The molecule has 0 amide bonds. The highest BCUT2D eigenvalue weighted by Gasteiger charge is 2.46. The van der Waals surface area contributed by atoms with Crippen molar-refractivity contribution in [3.63, 3.8) is 0 Å². The molecule has 2 N–H and O–H groups in total. The van der Waals surface area contributed by atoms with Gasteiger partial charge in [0.05, 0.1) is 0 Å². The molecule has 100 valence electrons. The molecule has 1 aromatic rings. The molecule has 0 spiro atoms. The number of halogens is 3. The second kappa shape index (κ2) is 4.43. The quantitative estimate of drug-likeness (QED) is 0.865. The fourth-order valence-electron chi connectivity index (χ4n) is 1.76. The molecule has 8 heteroatoms. The van der Waals surface area contributed by atoms with Gasteiger partial charge in [0.1, 0.15) is 0 Å². The van der Waals surface area contributed by atoms with E-state index in [4.69, 9.17) is 0 Å². The highest BCUT2D eigenvalue weighted by molar-refractivity contribution is 7.93. The largest absolute Gasteiger partial charge is 0.516 e. The lowest BCUT2D eigenvalue weighted by molar-refractivity contribution is -0.0429. The second-order valence-corrected chi connectivity index (χ2v) is 5.64. The molecule has 0 saturated heterocycles. The molecule has 1 heterocycles. The zero-order valence-corrected chi connectivity index (χ0v) is 10.0. The molecule has 1 aromatic carbocycles. The van der Waals surface area contributed by atoms with Crippen LogP contribution in [0.4, 0.5) is 18.9 Å². The van der Waals surface area contributed by atoms with Crippen LogP contribution in [0.2, 0.25) is 0 Å². The van der Waals surface area contributed by atoms with Crippen LogP contribution in [0.25, 0.3) is 0 Å². The van der Waals surface area contributed by atoms with Crippen LogP contribution < -0.4 is 10.0 Å². The molecule has 0 bridgehead atoms. The Hall–Kier alpha value is -1.28. The predicted octanol–water partition coefficient (Wildman–Crippen LogP) is 1.59. The van der Waals surface area contributed by atoms with Crippen molar-refractivity contribution < 1.29 is 21.6 Å². The van der Waals surface area contributed by atoms with Gasteiger partial charge in [0.2, 0.25) is 0 Å². The van der Waals surface area contributed by atoms with Gasteiger partial charge in [-0.1, -0.05) is 6.07 Å². The number of anilines is 1. The third kappa shape index (κ3) is 2.59. The fraction of sp³-hybridized carbons (Fsp3) is 0.400. The molecule has 0 atom stereocenters. The van der Waals surface area contributed by atoms with Crippen molar-refractivity contribution in [2.45, 2.75) is 18.5 Å². The van der Waals surface area contributed by atoms with Crippen LogP contribution in [-0.2, 0) is 23.0 Å². The van der Waals surface area contributed by atoms with Gasteiger partial charge in [-0.05, 0) is 36.2 Å². The highest BCUT2D eigenvalue weighted by atomic mass is 32.2. The Balaban J connectivity index is 2.26. The zero-order chi connectivity index (χ0) is 13.4. The molecule has 4 nitrogen and oxygen atoms in total. The van der Waals surface area contributed by atoms with Crippen LogP contribution in [0.5, 0.6) is 0 Å². The van der Waals surface area contributed by atoms with E-state index in [1.54, 1.807) is 6.07 Å². The Kier molecular flexibility index (Phi) is 3.24. The van der Waals surface area contributed by atoms with E-state index in [2.05, 4.69) is 5.32 Å². The van der Waals surface area contributed by atoms with Crippen LogP contribution >= 0.6 is 0 Å². The average molecular weight is 280 g/mol. The summed E-state index contributed by atoms with van der Waals surface area (Å²) in [6, 6.07) is 4.41. The van der Waals surface area contributed by atoms with Gasteiger partial charge in [0.15, 0.2) is 0 Å². The van der Waals surface area contributed by atoms with Gasteiger partial charge < -0.3 is 5.32 Å². The summed E-state index contributed by atoms with van der Waals surface area (Å²) in [5, 5.41) is 3.06. The van der Waals surface area contributed by atoms with Crippen molar-refractivity contribution in [3.05, 3.63) is 29.3 Å². The van der Waals surface area contributed by atoms with Gasteiger partial charge >= 0.3 is 15.5 Å². The van der Waals surface area contributed by atoms with Crippen molar-refractivity contribution in [3.8, 4) is 0 Å². The summed E-state index contributed by atoms with van der Waals surface area (Å²) in [6.07, 6.45) is 0.779. The zero-order valence-electron chi connectivity index (χ0n) is 9.21. The summed E-state index contributed by atoms with van der Waals surface area (Å²) in [6.45, 7) is 1.33. The number of hydrogen-bond acceptors (Lipinski definition) is 3. The third-order valence-electron chi connectivity index (χ3n) is 2.65. The van der Waals surface area contributed by atoms with E-state index in [-0.39, 0.29) is 5.69 Å². The number of benzene rings is 1. The number of alkyl halides is 3. The summed E-state index contributed by atoms with van der Waals surface area (Å²) < 4.78 is 60.0. The summed E-state index contributed by atoms with van der Waals surface area (Å²) in [4.78, 5) is 0. The van der Waals surface area contributed by atoms with E-state index in [0.717, 1.165) is 24.1 Å². The van der Waals surface area contributed by atoms with Crippen molar-refractivity contribution in [2.75, 3.05) is 11.3 Å². The Labute approximate surface area is 102 Å². The first kappa shape index (κ1) is 13.2. The first-order valence-corrected chi connectivity index (χ1v) is 6.69. The van der Waals surface area contributed by atoms with Crippen LogP contribution in [-0.4, -0.2) is 20.5 Å². The van der Waals surface area contributed by atoms with Crippen molar-refractivity contribution in [1.29, 1.82) is 0 Å². The van der Waals surface area contributed by atoms with E-state index in [9.17, 15) is 21.6 Å². The van der Waals surface area contributed by atoms with Gasteiger partial charge in [-0.25, -0.2) is 0 Å². The van der Waals surface area contributed by atoms with Gasteiger partial charge in [-0.15, -0.1) is 0 Å². The fourth-order valence-corrected chi connectivity index (χ4v) is 2.31. The monoisotopic (exact) mass is 280 g/mol. The van der Waals surface area contributed by atoms with Gasteiger partial charge in [-0.2, -0.15) is 21.6 Å². The molecular weight excluding hydrogens is 269 g/mol. The van der Waals surface area contributed by atoms with Crippen molar-refractivity contribution >= 4 is 15.7 Å². The number of nitrogens with one attached hydrogen (secondary N) is 2. The minimum atomic E-state index is -5.35. The lowest BCUT2D eigenvalue weighted by Crippen LogP contribution is -2.30. The third-order valence-corrected chi connectivity index (χ3v) is 3.76. The Morgan fingerprint density at radius 2 is 1.94 bits per heavy atom. The molecule has 0 fully saturated rings. The molecule has 2 rings (SSSR count). The van der Waals surface area contributed by atoms with E-state index in [1.165, 1.54) is 16.9 Å². The van der Waals surface area contributed by atoms with Gasteiger partial charge in [0.25, 0.3) is 0 Å². The normalized spacial score (nSPS) is 16.2. The van der Waals surface area contributed by atoms with E-state index < -0.39 is 15.5 Å². The average Bonchev–Trinajstić information content (AvgIpc) is 2.27.